The van der Waals surface area contributed by atoms with Crippen molar-refractivity contribution in [1.29, 1.82) is 0 Å². The molecule has 1 fully saturated rings. The third kappa shape index (κ3) is 4.00. The van der Waals surface area contributed by atoms with Crippen LogP contribution in [0.4, 0.5) is 4.79 Å². The van der Waals surface area contributed by atoms with E-state index in [0.717, 1.165) is 19.4 Å². The van der Waals surface area contributed by atoms with E-state index in [1.165, 1.54) is 19.3 Å². The Labute approximate surface area is 98.7 Å². The summed E-state index contributed by atoms with van der Waals surface area (Å²) in [5.74, 6) is 0. The van der Waals surface area contributed by atoms with E-state index in [1.807, 2.05) is 0 Å². The van der Waals surface area contributed by atoms with Gasteiger partial charge in [0.1, 0.15) is 0 Å². The number of hydrazine groups is 1. The standard InChI is InChI=1S/C12H25N3O/c1-4-5-9-13-12(16)14-15-10(2)7-6-8-11(15)3/h10-11H,4-9H2,1-3H3,(H2,13,14,16). The van der Waals surface area contributed by atoms with Crippen molar-refractivity contribution in [3.05, 3.63) is 0 Å². The van der Waals surface area contributed by atoms with Crippen molar-refractivity contribution in [2.45, 2.75) is 65.0 Å². The van der Waals surface area contributed by atoms with Gasteiger partial charge in [-0.25, -0.2) is 9.80 Å². The van der Waals surface area contributed by atoms with Crippen LogP contribution in [0.1, 0.15) is 52.9 Å². The highest BCUT2D eigenvalue weighted by Crippen LogP contribution is 2.19. The Hall–Kier alpha value is -0.770. The van der Waals surface area contributed by atoms with Gasteiger partial charge in [-0.2, -0.15) is 0 Å². The molecule has 1 rings (SSSR count). The molecule has 1 saturated heterocycles. The number of hydrogen-bond acceptors (Lipinski definition) is 2. The number of hydrogen-bond donors (Lipinski definition) is 2. The lowest BCUT2D eigenvalue weighted by Crippen LogP contribution is -2.56. The fourth-order valence-electron chi connectivity index (χ4n) is 2.18. The zero-order valence-corrected chi connectivity index (χ0v) is 10.8. The molecule has 0 aromatic carbocycles. The van der Waals surface area contributed by atoms with Gasteiger partial charge in [-0.05, 0) is 33.1 Å². The minimum atomic E-state index is -0.0611. The Kier molecular flexibility index (Phi) is 5.60. The summed E-state index contributed by atoms with van der Waals surface area (Å²) in [7, 11) is 0. The van der Waals surface area contributed by atoms with Crippen molar-refractivity contribution in [1.82, 2.24) is 15.8 Å². The molecule has 0 spiro atoms. The van der Waals surface area contributed by atoms with Crippen molar-refractivity contribution in [3.63, 3.8) is 0 Å². The van der Waals surface area contributed by atoms with Crippen molar-refractivity contribution in [2.24, 2.45) is 0 Å². The summed E-state index contributed by atoms with van der Waals surface area (Å²) >= 11 is 0. The molecule has 0 aromatic rings. The van der Waals surface area contributed by atoms with Crippen LogP contribution in [0.25, 0.3) is 0 Å². The second kappa shape index (κ2) is 6.74. The van der Waals surface area contributed by atoms with E-state index in [9.17, 15) is 4.79 Å². The van der Waals surface area contributed by atoms with Gasteiger partial charge in [0.25, 0.3) is 0 Å². The number of nitrogens with one attached hydrogen (secondary N) is 2. The lowest BCUT2D eigenvalue weighted by molar-refractivity contribution is 0.0595. The lowest BCUT2D eigenvalue weighted by Gasteiger charge is -2.38. The number of piperidine rings is 1. The fourth-order valence-corrected chi connectivity index (χ4v) is 2.18. The lowest BCUT2D eigenvalue weighted by atomic mass is 10.00. The molecule has 1 heterocycles. The largest absolute Gasteiger partial charge is 0.337 e. The minimum absolute atomic E-state index is 0.0611. The Bertz CT molecular complexity index is 210. The van der Waals surface area contributed by atoms with Gasteiger partial charge >= 0.3 is 6.03 Å². The number of nitrogens with zero attached hydrogens (tertiary/aromatic N) is 1. The number of amides is 2. The van der Waals surface area contributed by atoms with Gasteiger partial charge < -0.3 is 5.32 Å². The van der Waals surface area contributed by atoms with Gasteiger partial charge in [-0.3, -0.25) is 5.43 Å². The highest BCUT2D eigenvalue weighted by atomic mass is 16.2. The monoisotopic (exact) mass is 227 g/mol. The van der Waals surface area contributed by atoms with Crippen molar-refractivity contribution < 1.29 is 4.79 Å². The quantitative estimate of drug-likeness (QED) is 0.724. The Morgan fingerprint density at radius 3 is 2.50 bits per heavy atom. The molecule has 0 radical (unpaired) electrons. The molecule has 2 unspecified atom stereocenters. The molecule has 1 aliphatic heterocycles. The molecule has 94 valence electrons. The Balaban J connectivity index is 2.30. The van der Waals surface area contributed by atoms with E-state index in [-0.39, 0.29) is 6.03 Å². The maximum absolute atomic E-state index is 11.6. The molecule has 16 heavy (non-hydrogen) atoms. The first-order chi connectivity index (χ1) is 7.65. The first kappa shape index (κ1) is 13.3. The predicted octanol–water partition coefficient (Wildman–Crippen LogP) is 2.26. The molecular weight excluding hydrogens is 202 g/mol. The molecule has 2 amide bonds. The molecule has 1 aliphatic rings. The first-order valence-electron chi connectivity index (χ1n) is 6.48. The van der Waals surface area contributed by atoms with Crippen LogP contribution in [0.5, 0.6) is 0 Å². The highest BCUT2D eigenvalue weighted by Gasteiger charge is 2.25. The number of urea groups is 1. The average Bonchev–Trinajstić information content (AvgIpc) is 2.24. The molecule has 0 bridgehead atoms. The van der Waals surface area contributed by atoms with Crippen LogP contribution in [-0.4, -0.2) is 29.7 Å². The summed E-state index contributed by atoms with van der Waals surface area (Å²) in [5.41, 5.74) is 2.96. The number of carbonyl (C=O) groups is 1. The van der Waals surface area contributed by atoms with Crippen LogP contribution in [0.15, 0.2) is 0 Å². The smallest absolute Gasteiger partial charge is 0.329 e. The second-order valence-corrected chi connectivity index (χ2v) is 4.76. The van der Waals surface area contributed by atoms with Gasteiger partial charge in [0.15, 0.2) is 0 Å². The summed E-state index contributed by atoms with van der Waals surface area (Å²) in [5, 5.41) is 4.97. The molecule has 0 saturated carbocycles. The van der Waals surface area contributed by atoms with Crippen molar-refractivity contribution >= 4 is 6.03 Å². The van der Waals surface area contributed by atoms with E-state index in [4.69, 9.17) is 0 Å². The zero-order chi connectivity index (χ0) is 12.0. The average molecular weight is 227 g/mol. The summed E-state index contributed by atoms with van der Waals surface area (Å²) in [6, 6.07) is 0.829. The molecule has 4 heteroatoms. The van der Waals surface area contributed by atoms with Crippen LogP contribution in [0, 0.1) is 0 Å². The van der Waals surface area contributed by atoms with E-state index in [1.54, 1.807) is 0 Å². The molecule has 2 N–H and O–H groups in total. The SMILES string of the molecule is CCCCNC(=O)NN1C(C)CCCC1C. The van der Waals surface area contributed by atoms with Crippen molar-refractivity contribution in [2.75, 3.05) is 6.54 Å². The topological polar surface area (TPSA) is 44.4 Å². The summed E-state index contributed by atoms with van der Waals surface area (Å²) in [6.07, 6.45) is 5.74. The minimum Gasteiger partial charge on any atom is -0.337 e. The third-order valence-corrected chi connectivity index (χ3v) is 3.24. The second-order valence-electron chi connectivity index (χ2n) is 4.76. The number of carbonyl (C=O) groups excluding carboxylic acids is 1. The van der Waals surface area contributed by atoms with Crippen LogP contribution in [0.2, 0.25) is 0 Å². The zero-order valence-electron chi connectivity index (χ0n) is 10.8. The predicted molar refractivity (Wildman–Crippen MR) is 66.1 cm³/mol. The first-order valence-corrected chi connectivity index (χ1v) is 6.48. The summed E-state index contributed by atoms with van der Waals surface area (Å²) in [4.78, 5) is 11.6. The molecule has 4 nitrogen and oxygen atoms in total. The molecule has 2 atom stereocenters. The maximum atomic E-state index is 11.6. The molecular formula is C12H25N3O. The van der Waals surface area contributed by atoms with Crippen LogP contribution >= 0.6 is 0 Å². The van der Waals surface area contributed by atoms with E-state index < -0.39 is 0 Å². The van der Waals surface area contributed by atoms with E-state index in [2.05, 4.69) is 36.5 Å². The van der Waals surface area contributed by atoms with Crippen LogP contribution < -0.4 is 10.7 Å². The van der Waals surface area contributed by atoms with Crippen molar-refractivity contribution in [3.8, 4) is 0 Å². The fraction of sp³-hybridized carbons (Fsp3) is 0.917. The van der Waals surface area contributed by atoms with Gasteiger partial charge in [-0.15, -0.1) is 0 Å². The molecule has 0 aromatic heterocycles. The van der Waals surface area contributed by atoms with Gasteiger partial charge in [0.2, 0.25) is 0 Å². The van der Waals surface area contributed by atoms with E-state index in [0.29, 0.717) is 12.1 Å². The highest BCUT2D eigenvalue weighted by molar-refractivity contribution is 5.73. The summed E-state index contributed by atoms with van der Waals surface area (Å²) in [6.45, 7) is 7.22. The van der Waals surface area contributed by atoms with Gasteiger partial charge in [0, 0.05) is 18.6 Å². The van der Waals surface area contributed by atoms with Gasteiger partial charge in [-0.1, -0.05) is 19.8 Å². The Morgan fingerprint density at radius 1 is 1.31 bits per heavy atom. The number of unbranched alkanes of at least 4 members (excludes halogenated alkanes) is 1. The van der Waals surface area contributed by atoms with Crippen LogP contribution in [0.3, 0.4) is 0 Å². The maximum Gasteiger partial charge on any atom is 0.329 e. The third-order valence-electron chi connectivity index (χ3n) is 3.24. The summed E-state index contributed by atoms with van der Waals surface area (Å²) < 4.78 is 0. The molecule has 0 aliphatic carbocycles. The normalized spacial score (nSPS) is 26.4. The number of rotatable bonds is 4. The van der Waals surface area contributed by atoms with E-state index >= 15 is 0 Å². The van der Waals surface area contributed by atoms with Gasteiger partial charge in [0.05, 0.1) is 0 Å². The van der Waals surface area contributed by atoms with Crippen LogP contribution in [-0.2, 0) is 0 Å². The Morgan fingerprint density at radius 2 is 1.94 bits per heavy atom.